The number of hydrogen-bond donors (Lipinski definition) is 2. The predicted octanol–water partition coefficient (Wildman–Crippen LogP) is 3.20. The summed E-state index contributed by atoms with van der Waals surface area (Å²) in [6, 6.07) is 12.5. The van der Waals surface area contributed by atoms with Crippen LogP contribution in [0.1, 0.15) is 27.2 Å². The van der Waals surface area contributed by atoms with Crippen molar-refractivity contribution in [1.29, 1.82) is 0 Å². The Bertz CT molecular complexity index is 912. The van der Waals surface area contributed by atoms with Gasteiger partial charge in [0.25, 0.3) is 15.9 Å². The number of ether oxygens (including phenoxy) is 3. The number of benzene rings is 2. The fourth-order valence-corrected chi connectivity index (χ4v) is 3.59. The monoisotopic (exact) mass is 450 g/mol. The largest absolute Gasteiger partial charge is 0.494 e. The molecule has 0 fully saturated rings. The first-order chi connectivity index (χ1) is 14.8. The minimum Gasteiger partial charge on any atom is -0.494 e. The number of rotatable bonds is 13. The van der Waals surface area contributed by atoms with E-state index in [0.717, 1.165) is 6.42 Å². The van der Waals surface area contributed by atoms with Crippen molar-refractivity contribution in [3.63, 3.8) is 0 Å². The lowest BCUT2D eigenvalue weighted by Crippen LogP contribution is -2.30. The zero-order valence-electron chi connectivity index (χ0n) is 18.1. The number of sulfonamides is 1. The molecule has 9 heteroatoms. The van der Waals surface area contributed by atoms with E-state index in [-0.39, 0.29) is 23.5 Å². The van der Waals surface area contributed by atoms with Gasteiger partial charge in [0.15, 0.2) is 6.61 Å². The molecule has 31 heavy (non-hydrogen) atoms. The first-order valence-corrected chi connectivity index (χ1v) is 11.7. The van der Waals surface area contributed by atoms with Crippen LogP contribution < -0.4 is 19.5 Å². The van der Waals surface area contributed by atoms with E-state index in [4.69, 9.17) is 14.2 Å². The van der Waals surface area contributed by atoms with Crippen molar-refractivity contribution in [2.45, 2.75) is 38.2 Å². The number of amides is 1. The maximum Gasteiger partial charge on any atom is 0.261 e. The van der Waals surface area contributed by atoms with Gasteiger partial charge in [-0.15, -0.1) is 0 Å². The van der Waals surface area contributed by atoms with Crippen molar-refractivity contribution in [3.05, 3.63) is 48.5 Å². The molecular formula is C22H30N2O6S. The molecule has 0 saturated heterocycles. The highest BCUT2D eigenvalue weighted by molar-refractivity contribution is 7.92. The van der Waals surface area contributed by atoms with Crippen LogP contribution in [0.3, 0.4) is 0 Å². The molecule has 1 amide bonds. The Balaban J connectivity index is 1.81. The summed E-state index contributed by atoms with van der Waals surface area (Å²) in [7, 11) is -3.75. The highest BCUT2D eigenvalue weighted by Gasteiger charge is 2.14. The van der Waals surface area contributed by atoms with Gasteiger partial charge in [0.05, 0.1) is 17.6 Å². The van der Waals surface area contributed by atoms with E-state index in [1.54, 1.807) is 24.3 Å². The Labute approximate surface area is 184 Å². The molecule has 0 aromatic heterocycles. The second kappa shape index (κ2) is 12.2. The third-order valence-corrected chi connectivity index (χ3v) is 5.41. The standard InChI is InChI=1S/C22H30N2O6S/c1-4-28-19-8-6-18(7-9-19)24-31(26,27)21-12-10-20(11-13-21)30-16-22(25)23-14-5-15-29-17(2)3/h6-13,17,24H,4-5,14-16H2,1-3H3,(H,23,25). The Kier molecular flexibility index (Phi) is 9.61. The normalized spacial score (nSPS) is 11.2. The Morgan fingerprint density at radius 1 is 0.968 bits per heavy atom. The number of anilines is 1. The van der Waals surface area contributed by atoms with Crippen LogP contribution in [0.15, 0.2) is 53.4 Å². The quantitative estimate of drug-likeness (QED) is 0.454. The molecule has 0 heterocycles. The summed E-state index contributed by atoms with van der Waals surface area (Å²) >= 11 is 0. The topological polar surface area (TPSA) is 103 Å². The van der Waals surface area contributed by atoms with Crippen LogP contribution in [0.25, 0.3) is 0 Å². The number of carbonyl (C=O) groups is 1. The Morgan fingerprint density at radius 2 is 1.58 bits per heavy atom. The molecule has 0 radical (unpaired) electrons. The van der Waals surface area contributed by atoms with Crippen molar-refractivity contribution in [1.82, 2.24) is 5.32 Å². The van der Waals surface area contributed by atoms with Crippen LogP contribution in [0, 0.1) is 0 Å². The molecule has 0 aliphatic rings. The highest BCUT2D eigenvalue weighted by atomic mass is 32.2. The van der Waals surface area contributed by atoms with Gasteiger partial charge in [-0.25, -0.2) is 8.42 Å². The van der Waals surface area contributed by atoms with Gasteiger partial charge in [0.1, 0.15) is 11.5 Å². The van der Waals surface area contributed by atoms with Gasteiger partial charge >= 0.3 is 0 Å². The van der Waals surface area contributed by atoms with E-state index in [0.29, 0.717) is 36.9 Å². The van der Waals surface area contributed by atoms with Gasteiger partial charge in [-0.1, -0.05) is 0 Å². The second-order valence-electron chi connectivity index (χ2n) is 6.95. The molecule has 0 aliphatic heterocycles. The molecule has 0 unspecified atom stereocenters. The van der Waals surface area contributed by atoms with Crippen LogP contribution in [-0.2, 0) is 19.6 Å². The molecule has 0 saturated carbocycles. The third kappa shape index (κ3) is 8.85. The lowest BCUT2D eigenvalue weighted by Gasteiger charge is -2.11. The average Bonchev–Trinajstić information content (AvgIpc) is 2.73. The molecule has 0 bridgehead atoms. The van der Waals surface area contributed by atoms with Crippen LogP contribution in [0.4, 0.5) is 5.69 Å². The smallest absolute Gasteiger partial charge is 0.261 e. The highest BCUT2D eigenvalue weighted by Crippen LogP contribution is 2.21. The van der Waals surface area contributed by atoms with Crippen molar-refractivity contribution in [3.8, 4) is 11.5 Å². The molecule has 2 rings (SSSR count). The van der Waals surface area contributed by atoms with Crippen LogP contribution >= 0.6 is 0 Å². The molecule has 170 valence electrons. The van der Waals surface area contributed by atoms with Gasteiger partial charge < -0.3 is 19.5 Å². The molecule has 8 nitrogen and oxygen atoms in total. The van der Waals surface area contributed by atoms with Gasteiger partial charge in [0.2, 0.25) is 0 Å². The molecule has 0 aliphatic carbocycles. The first kappa shape index (κ1) is 24.5. The SMILES string of the molecule is CCOc1ccc(NS(=O)(=O)c2ccc(OCC(=O)NCCCOC(C)C)cc2)cc1. The molecule has 0 spiro atoms. The molecule has 2 N–H and O–H groups in total. The van der Waals surface area contributed by atoms with Gasteiger partial charge in [-0.3, -0.25) is 9.52 Å². The second-order valence-corrected chi connectivity index (χ2v) is 8.63. The third-order valence-electron chi connectivity index (χ3n) is 4.02. The van der Waals surface area contributed by atoms with E-state index in [1.165, 1.54) is 24.3 Å². The minimum absolute atomic E-state index is 0.0864. The summed E-state index contributed by atoms with van der Waals surface area (Å²) in [5.41, 5.74) is 0.430. The van der Waals surface area contributed by atoms with Crippen molar-refractivity contribution in [2.75, 3.05) is 31.1 Å². The van der Waals surface area contributed by atoms with Gasteiger partial charge in [0, 0.05) is 18.8 Å². The van der Waals surface area contributed by atoms with E-state index in [1.807, 2.05) is 20.8 Å². The minimum atomic E-state index is -3.75. The van der Waals surface area contributed by atoms with Crippen molar-refractivity contribution in [2.24, 2.45) is 0 Å². The molecule has 2 aromatic rings. The lowest BCUT2D eigenvalue weighted by atomic mass is 10.3. The Morgan fingerprint density at radius 3 is 2.19 bits per heavy atom. The summed E-state index contributed by atoms with van der Waals surface area (Å²) in [6.45, 7) is 7.26. The maximum absolute atomic E-state index is 12.5. The van der Waals surface area contributed by atoms with E-state index < -0.39 is 10.0 Å². The molecule has 0 atom stereocenters. The fourth-order valence-electron chi connectivity index (χ4n) is 2.53. The zero-order valence-corrected chi connectivity index (χ0v) is 18.9. The van der Waals surface area contributed by atoms with Gasteiger partial charge in [-0.2, -0.15) is 0 Å². The summed E-state index contributed by atoms with van der Waals surface area (Å²) in [5.74, 6) is 0.816. The van der Waals surface area contributed by atoms with Crippen LogP contribution in [-0.4, -0.2) is 46.8 Å². The summed E-state index contributed by atoms with van der Waals surface area (Å²) in [6.07, 6.45) is 0.889. The zero-order chi connectivity index (χ0) is 22.7. The predicted molar refractivity (Wildman–Crippen MR) is 119 cm³/mol. The van der Waals surface area contributed by atoms with E-state index in [9.17, 15) is 13.2 Å². The number of hydrogen-bond acceptors (Lipinski definition) is 6. The van der Waals surface area contributed by atoms with E-state index in [2.05, 4.69) is 10.0 Å². The number of nitrogens with one attached hydrogen (secondary N) is 2. The summed E-state index contributed by atoms with van der Waals surface area (Å²) in [4.78, 5) is 11.9. The molecule has 2 aromatic carbocycles. The maximum atomic E-state index is 12.5. The van der Waals surface area contributed by atoms with Crippen molar-refractivity contribution < 1.29 is 27.4 Å². The van der Waals surface area contributed by atoms with Crippen LogP contribution in [0.5, 0.6) is 11.5 Å². The van der Waals surface area contributed by atoms with Crippen molar-refractivity contribution >= 4 is 21.6 Å². The van der Waals surface area contributed by atoms with Gasteiger partial charge in [-0.05, 0) is 75.7 Å². The summed E-state index contributed by atoms with van der Waals surface area (Å²) < 4.78 is 43.8. The van der Waals surface area contributed by atoms with E-state index >= 15 is 0 Å². The molecular weight excluding hydrogens is 420 g/mol. The van der Waals surface area contributed by atoms with Crippen LogP contribution in [0.2, 0.25) is 0 Å². The lowest BCUT2D eigenvalue weighted by molar-refractivity contribution is -0.123. The first-order valence-electron chi connectivity index (χ1n) is 10.2. The number of carbonyl (C=O) groups excluding carboxylic acids is 1. The average molecular weight is 451 g/mol. The Hall–Kier alpha value is -2.78. The summed E-state index contributed by atoms with van der Waals surface area (Å²) in [5, 5.41) is 2.74. The fraction of sp³-hybridized carbons (Fsp3) is 0.409.